The maximum absolute atomic E-state index is 12.6. The van der Waals surface area contributed by atoms with Gasteiger partial charge in [0.05, 0.1) is 45.1 Å². The Labute approximate surface area is 177 Å². The highest BCUT2D eigenvalue weighted by Crippen LogP contribution is 2.33. The first-order valence-corrected chi connectivity index (χ1v) is 9.83. The van der Waals surface area contributed by atoms with Crippen LogP contribution >= 0.6 is 11.3 Å². The van der Waals surface area contributed by atoms with Crippen LogP contribution in [0.15, 0.2) is 41.4 Å². The molecule has 0 bridgehead atoms. The number of thiazole rings is 1. The van der Waals surface area contributed by atoms with Gasteiger partial charge in [-0.2, -0.15) is 4.99 Å². The standard InChI is InChI=1S/C21H22N2O6S/c1-26-14-7-5-6-13(8-14)9-19(24)22-21-23(12-20(25)29-4)15-10-16(27-2)17(28-3)11-18(15)30-21/h5-8,10-11H,9,12H2,1-4H3. The Bertz CT molecular complexity index is 1150. The summed E-state index contributed by atoms with van der Waals surface area (Å²) < 4.78 is 23.1. The Morgan fingerprint density at radius 2 is 1.73 bits per heavy atom. The molecule has 0 spiro atoms. The zero-order chi connectivity index (χ0) is 21.7. The third kappa shape index (κ3) is 4.62. The van der Waals surface area contributed by atoms with Gasteiger partial charge in [0.25, 0.3) is 5.91 Å². The minimum atomic E-state index is -0.453. The van der Waals surface area contributed by atoms with Crippen LogP contribution in [0.3, 0.4) is 0 Å². The van der Waals surface area contributed by atoms with Crippen molar-refractivity contribution in [1.29, 1.82) is 0 Å². The summed E-state index contributed by atoms with van der Waals surface area (Å²) in [5.41, 5.74) is 1.48. The van der Waals surface area contributed by atoms with Crippen LogP contribution in [0.5, 0.6) is 17.2 Å². The van der Waals surface area contributed by atoms with Gasteiger partial charge in [0.2, 0.25) is 0 Å². The monoisotopic (exact) mass is 430 g/mol. The van der Waals surface area contributed by atoms with Crippen molar-refractivity contribution >= 4 is 33.4 Å². The lowest BCUT2D eigenvalue weighted by Gasteiger charge is -2.09. The fourth-order valence-electron chi connectivity index (χ4n) is 2.93. The van der Waals surface area contributed by atoms with E-state index in [1.54, 1.807) is 37.0 Å². The molecule has 1 amide bonds. The molecular weight excluding hydrogens is 408 g/mol. The molecular formula is C21H22N2O6S. The van der Waals surface area contributed by atoms with Crippen molar-refractivity contribution in [3.8, 4) is 17.2 Å². The number of esters is 1. The third-order valence-corrected chi connectivity index (χ3v) is 5.45. The summed E-state index contributed by atoms with van der Waals surface area (Å²) in [7, 11) is 5.96. The second kappa shape index (κ2) is 9.45. The largest absolute Gasteiger partial charge is 0.497 e. The summed E-state index contributed by atoms with van der Waals surface area (Å²) in [5.74, 6) is 0.932. The topological polar surface area (TPSA) is 88.4 Å². The van der Waals surface area contributed by atoms with Gasteiger partial charge in [0.1, 0.15) is 12.3 Å². The number of methoxy groups -OCH3 is 4. The number of benzene rings is 2. The van der Waals surface area contributed by atoms with E-state index in [1.165, 1.54) is 25.6 Å². The molecule has 30 heavy (non-hydrogen) atoms. The van der Waals surface area contributed by atoms with Crippen molar-refractivity contribution in [2.24, 2.45) is 4.99 Å². The predicted octanol–water partition coefficient (Wildman–Crippen LogP) is 2.57. The smallest absolute Gasteiger partial charge is 0.325 e. The van der Waals surface area contributed by atoms with Crippen LogP contribution in [0.25, 0.3) is 10.2 Å². The first-order valence-electron chi connectivity index (χ1n) is 9.01. The molecule has 0 aliphatic heterocycles. The number of aromatic nitrogens is 1. The average molecular weight is 430 g/mol. The van der Waals surface area contributed by atoms with E-state index in [4.69, 9.17) is 18.9 Å². The van der Waals surface area contributed by atoms with Gasteiger partial charge in [-0.3, -0.25) is 9.59 Å². The van der Waals surface area contributed by atoms with E-state index in [0.29, 0.717) is 27.6 Å². The van der Waals surface area contributed by atoms with E-state index in [1.807, 2.05) is 18.2 Å². The molecule has 3 rings (SSSR count). The molecule has 0 unspecified atom stereocenters. The normalized spacial score (nSPS) is 11.4. The molecule has 0 radical (unpaired) electrons. The molecule has 0 aliphatic carbocycles. The minimum absolute atomic E-state index is 0.0861. The lowest BCUT2D eigenvalue weighted by molar-refractivity contribution is -0.141. The van der Waals surface area contributed by atoms with Gasteiger partial charge in [0, 0.05) is 12.1 Å². The van der Waals surface area contributed by atoms with E-state index < -0.39 is 5.97 Å². The molecule has 0 fully saturated rings. The second-order valence-corrected chi connectivity index (χ2v) is 7.26. The SMILES string of the molecule is COC(=O)Cn1c(=NC(=O)Cc2cccc(OC)c2)sc2cc(OC)c(OC)cc21. The molecule has 1 aromatic heterocycles. The molecule has 9 heteroatoms. The summed E-state index contributed by atoms with van der Waals surface area (Å²) >= 11 is 1.28. The predicted molar refractivity (Wildman–Crippen MR) is 112 cm³/mol. The molecule has 0 N–H and O–H groups in total. The molecule has 0 aliphatic rings. The maximum atomic E-state index is 12.6. The van der Waals surface area contributed by atoms with Crippen molar-refractivity contribution in [2.75, 3.05) is 28.4 Å². The molecule has 8 nitrogen and oxygen atoms in total. The fourth-order valence-corrected chi connectivity index (χ4v) is 3.99. The van der Waals surface area contributed by atoms with Crippen LogP contribution in [0.4, 0.5) is 0 Å². The van der Waals surface area contributed by atoms with Gasteiger partial charge in [0.15, 0.2) is 16.3 Å². The van der Waals surface area contributed by atoms with Gasteiger partial charge < -0.3 is 23.5 Å². The molecule has 0 saturated carbocycles. The third-order valence-electron chi connectivity index (χ3n) is 4.41. The molecule has 0 saturated heterocycles. The summed E-state index contributed by atoms with van der Waals surface area (Å²) in [6, 6.07) is 10.8. The van der Waals surface area contributed by atoms with Crippen molar-refractivity contribution in [3.63, 3.8) is 0 Å². The van der Waals surface area contributed by atoms with Crippen LogP contribution in [0.2, 0.25) is 0 Å². The summed E-state index contributed by atoms with van der Waals surface area (Å²) in [6.45, 7) is -0.0861. The van der Waals surface area contributed by atoms with Crippen LogP contribution in [0.1, 0.15) is 5.56 Å². The van der Waals surface area contributed by atoms with E-state index in [2.05, 4.69) is 4.99 Å². The van der Waals surface area contributed by atoms with Gasteiger partial charge in [-0.15, -0.1) is 0 Å². The van der Waals surface area contributed by atoms with Crippen LogP contribution in [-0.2, 0) is 27.3 Å². The number of ether oxygens (including phenoxy) is 4. The summed E-state index contributed by atoms with van der Waals surface area (Å²) in [5, 5.41) is 0. The van der Waals surface area contributed by atoms with Crippen molar-refractivity contribution in [3.05, 3.63) is 46.8 Å². The number of amides is 1. The Hall–Kier alpha value is -3.33. The Morgan fingerprint density at radius 1 is 1.00 bits per heavy atom. The highest BCUT2D eigenvalue weighted by atomic mass is 32.1. The van der Waals surface area contributed by atoms with Crippen LogP contribution in [0, 0.1) is 0 Å². The second-order valence-electron chi connectivity index (χ2n) is 6.26. The minimum Gasteiger partial charge on any atom is -0.497 e. The first kappa shape index (κ1) is 21.4. The zero-order valence-electron chi connectivity index (χ0n) is 17.1. The highest BCUT2D eigenvalue weighted by molar-refractivity contribution is 7.16. The van der Waals surface area contributed by atoms with Crippen LogP contribution in [-0.4, -0.2) is 44.9 Å². The zero-order valence-corrected chi connectivity index (χ0v) is 17.9. The Kier molecular flexibility index (Phi) is 6.73. The number of rotatable bonds is 7. The van der Waals surface area contributed by atoms with Crippen LogP contribution < -0.4 is 19.0 Å². The van der Waals surface area contributed by atoms with E-state index in [-0.39, 0.29) is 18.9 Å². The van der Waals surface area contributed by atoms with Gasteiger partial charge in [-0.05, 0) is 17.7 Å². The number of hydrogen-bond donors (Lipinski definition) is 0. The highest BCUT2D eigenvalue weighted by Gasteiger charge is 2.16. The molecule has 158 valence electrons. The number of hydrogen-bond acceptors (Lipinski definition) is 7. The first-order chi connectivity index (χ1) is 14.5. The quantitative estimate of drug-likeness (QED) is 0.536. The fraction of sp³-hybridized carbons (Fsp3) is 0.286. The van der Waals surface area contributed by atoms with Crippen molar-refractivity contribution in [1.82, 2.24) is 4.57 Å². The molecule has 0 atom stereocenters. The summed E-state index contributed by atoms with van der Waals surface area (Å²) in [4.78, 5) is 29.2. The van der Waals surface area contributed by atoms with Gasteiger partial charge in [-0.1, -0.05) is 23.5 Å². The maximum Gasteiger partial charge on any atom is 0.325 e. The van der Waals surface area contributed by atoms with Crippen molar-refractivity contribution < 1.29 is 28.5 Å². The Balaban J connectivity index is 2.06. The van der Waals surface area contributed by atoms with Crippen molar-refractivity contribution in [2.45, 2.75) is 13.0 Å². The van der Waals surface area contributed by atoms with E-state index >= 15 is 0 Å². The number of carbonyl (C=O) groups excluding carboxylic acids is 2. The lowest BCUT2D eigenvalue weighted by atomic mass is 10.1. The molecule has 1 heterocycles. The number of carbonyl (C=O) groups is 2. The van der Waals surface area contributed by atoms with Gasteiger partial charge in [-0.25, -0.2) is 0 Å². The van der Waals surface area contributed by atoms with E-state index in [9.17, 15) is 9.59 Å². The Morgan fingerprint density at radius 3 is 2.40 bits per heavy atom. The number of nitrogens with zero attached hydrogens (tertiary/aromatic N) is 2. The lowest BCUT2D eigenvalue weighted by Crippen LogP contribution is -2.22. The van der Waals surface area contributed by atoms with E-state index in [0.717, 1.165) is 10.3 Å². The summed E-state index contributed by atoms with van der Waals surface area (Å²) in [6.07, 6.45) is 0.107. The molecule has 3 aromatic rings. The molecule has 2 aromatic carbocycles. The van der Waals surface area contributed by atoms with Gasteiger partial charge >= 0.3 is 5.97 Å². The number of fused-ring (bicyclic) bond motifs is 1. The average Bonchev–Trinajstić information content (AvgIpc) is 3.08.